The maximum absolute atomic E-state index is 12.3. The summed E-state index contributed by atoms with van der Waals surface area (Å²) in [7, 11) is 1.80. The van der Waals surface area contributed by atoms with Gasteiger partial charge in [0, 0.05) is 25.7 Å². The Balaban J connectivity index is 1.58. The highest BCUT2D eigenvalue weighted by Crippen LogP contribution is 2.35. The number of rotatable bonds is 5. The van der Waals surface area contributed by atoms with Crippen molar-refractivity contribution < 1.29 is 9.59 Å². The molecular formula is C19H20N2O2. The number of benzene rings is 2. The number of nitrogens with one attached hydrogen (secondary N) is 1. The minimum Gasteiger partial charge on any atom is -0.341 e. The van der Waals surface area contributed by atoms with Crippen LogP contribution in [0.3, 0.4) is 0 Å². The van der Waals surface area contributed by atoms with Crippen LogP contribution in [-0.4, -0.2) is 23.8 Å². The number of fused-ring (bicyclic) bond motifs is 1. The third-order valence-corrected chi connectivity index (χ3v) is 4.25. The molecule has 1 aliphatic rings. The highest BCUT2D eigenvalue weighted by Gasteiger charge is 2.30. The number of hydrogen-bond donors (Lipinski definition) is 1. The molecule has 0 spiro atoms. The quantitative estimate of drug-likeness (QED) is 0.922. The molecule has 0 saturated heterocycles. The summed E-state index contributed by atoms with van der Waals surface area (Å²) in [5, 5.41) is 2.88. The number of carbonyl (C=O) groups is 2. The average molecular weight is 308 g/mol. The fourth-order valence-corrected chi connectivity index (χ4v) is 2.97. The van der Waals surface area contributed by atoms with Crippen molar-refractivity contribution in [3.05, 3.63) is 65.7 Å². The second kappa shape index (κ2) is 6.65. The van der Waals surface area contributed by atoms with Gasteiger partial charge in [-0.2, -0.15) is 0 Å². The highest BCUT2D eigenvalue weighted by atomic mass is 16.2. The first-order valence-corrected chi connectivity index (χ1v) is 7.83. The Kier molecular flexibility index (Phi) is 4.42. The van der Waals surface area contributed by atoms with Crippen LogP contribution in [0.2, 0.25) is 0 Å². The minimum atomic E-state index is -0.222. The van der Waals surface area contributed by atoms with E-state index in [-0.39, 0.29) is 17.7 Å². The summed E-state index contributed by atoms with van der Waals surface area (Å²) in [6.45, 7) is 0.590. The Hall–Kier alpha value is -2.62. The molecule has 0 saturated carbocycles. The topological polar surface area (TPSA) is 49.4 Å². The molecule has 2 aromatic carbocycles. The summed E-state index contributed by atoms with van der Waals surface area (Å²) >= 11 is 0. The highest BCUT2D eigenvalue weighted by molar-refractivity contribution is 6.03. The van der Waals surface area contributed by atoms with Crippen molar-refractivity contribution in [2.45, 2.75) is 25.3 Å². The largest absolute Gasteiger partial charge is 0.341 e. The zero-order valence-electron chi connectivity index (χ0n) is 13.2. The van der Waals surface area contributed by atoms with E-state index < -0.39 is 0 Å². The van der Waals surface area contributed by atoms with Crippen LogP contribution in [-0.2, 0) is 16.1 Å². The zero-order chi connectivity index (χ0) is 16.2. The van der Waals surface area contributed by atoms with E-state index in [0.717, 1.165) is 16.8 Å². The molecular weight excluding hydrogens is 288 g/mol. The van der Waals surface area contributed by atoms with Crippen LogP contribution in [0.4, 0.5) is 5.69 Å². The van der Waals surface area contributed by atoms with Crippen molar-refractivity contribution in [3.8, 4) is 0 Å². The molecule has 1 unspecified atom stereocenters. The standard InChI is InChI=1S/C19H20N2O2/c1-21(13-14-7-3-2-4-8-14)18(22)12-11-16-15-9-5-6-10-17(15)20-19(16)23/h2-10,16H,11-13H2,1H3,(H,20,23). The molecule has 1 atom stereocenters. The minimum absolute atomic E-state index is 0.00953. The van der Waals surface area contributed by atoms with E-state index >= 15 is 0 Å². The Labute approximate surface area is 136 Å². The van der Waals surface area contributed by atoms with E-state index in [9.17, 15) is 9.59 Å². The SMILES string of the molecule is CN(Cc1ccccc1)C(=O)CCC1C(=O)Nc2ccccc21. The van der Waals surface area contributed by atoms with E-state index in [0.29, 0.717) is 19.4 Å². The van der Waals surface area contributed by atoms with Crippen LogP contribution < -0.4 is 5.32 Å². The number of anilines is 1. The van der Waals surface area contributed by atoms with Gasteiger partial charge in [-0.15, -0.1) is 0 Å². The third kappa shape index (κ3) is 3.42. The zero-order valence-corrected chi connectivity index (χ0v) is 13.2. The Morgan fingerprint density at radius 3 is 2.57 bits per heavy atom. The van der Waals surface area contributed by atoms with Crippen LogP contribution >= 0.6 is 0 Å². The van der Waals surface area contributed by atoms with Crippen LogP contribution in [0.5, 0.6) is 0 Å². The summed E-state index contributed by atoms with van der Waals surface area (Å²) in [6, 6.07) is 17.6. The third-order valence-electron chi connectivity index (χ3n) is 4.25. The summed E-state index contributed by atoms with van der Waals surface area (Å²) in [5.74, 6) is -0.170. The second-order valence-corrected chi connectivity index (χ2v) is 5.90. The van der Waals surface area contributed by atoms with E-state index in [2.05, 4.69) is 5.32 Å². The first-order valence-electron chi connectivity index (χ1n) is 7.83. The van der Waals surface area contributed by atoms with Crippen molar-refractivity contribution in [3.63, 3.8) is 0 Å². The fraction of sp³-hybridized carbons (Fsp3) is 0.263. The molecule has 1 aliphatic heterocycles. The van der Waals surface area contributed by atoms with Crippen LogP contribution in [0, 0.1) is 0 Å². The molecule has 4 heteroatoms. The van der Waals surface area contributed by atoms with Gasteiger partial charge >= 0.3 is 0 Å². The maximum Gasteiger partial charge on any atom is 0.232 e. The van der Waals surface area contributed by atoms with Gasteiger partial charge in [-0.25, -0.2) is 0 Å². The van der Waals surface area contributed by atoms with Crippen molar-refractivity contribution in [1.82, 2.24) is 4.90 Å². The van der Waals surface area contributed by atoms with Crippen molar-refractivity contribution in [1.29, 1.82) is 0 Å². The summed E-state index contributed by atoms with van der Waals surface area (Å²) in [5.41, 5.74) is 2.97. The van der Waals surface area contributed by atoms with Gasteiger partial charge in [0.15, 0.2) is 0 Å². The fourth-order valence-electron chi connectivity index (χ4n) is 2.97. The molecule has 0 aromatic heterocycles. The van der Waals surface area contributed by atoms with E-state index in [1.807, 2.05) is 54.6 Å². The van der Waals surface area contributed by atoms with Crippen LogP contribution in [0.1, 0.15) is 29.9 Å². The van der Waals surface area contributed by atoms with Crippen molar-refractivity contribution in [2.75, 3.05) is 12.4 Å². The molecule has 3 rings (SSSR count). The maximum atomic E-state index is 12.3. The van der Waals surface area contributed by atoms with Gasteiger partial charge in [0.2, 0.25) is 11.8 Å². The Morgan fingerprint density at radius 1 is 1.09 bits per heavy atom. The molecule has 4 nitrogen and oxygen atoms in total. The van der Waals surface area contributed by atoms with Gasteiger partial charge < -0.3 is 10.2 Å². The van der Waals surface area contributed by atoms with Crippen molar-refractivity contribution >= 4 is 17.5 Å². The summed E-state index contributed by atoms with van der Waals surface area (Å²) < 4.78 is 0. The predicted molar refractivity (Wildman–Crippen MR) is 90.0 cm³/mol. The summed E-state index contributed by atoms with van der Waals surface area (Å²) in [4.78, 5) is 26.1. The number of carbonyl (C=O) groups excluding carboxylic acids is 2. The van der Waals surface area contributed by atoms with E-state index in [1.165, 1.54) is 0 Å². The Bertz CT molecular complexity index is 712. The van der Waals surface area contributed by atoms with Gasteiger partial charge in [-0.05, 0) is 23.6 Å². The lowest BCUT2D eigenvalue weighted by molar-refractivity contribution is -0.130. The van der Waals surface area contributed by atoms with Crippen LogP contribution in [0.25, 0.3) is 0 Å². The van der Waals surface area contributed by atoms with Gasteiger partial charge in [0.25, 0.3) is 0 Å². The van der Waals surface area contributed by atoms with Crippen molar-refractivity contribution in [2.24, 2.45) is 0 Å². The molecule has 1 N–H and O–H groups in total. The molecule has 0 bridgehead atoms. The lowest BCUT2D eigenvalue weighted by Crippen LogP contribution is -2.26. The van der Waals surface area contributed by atoms with Gasteiger partial charge in [-0.3, -0.25) is 9.59 Å². The molecule has 1 heterocycles. The lowest BCUT2D eigenvalue weighted by Gasteiger charge is -2.18. The number of nitrogens with zero attached hydrogens (tertiary/aromatic N) is 1. The molecule has 0 aliphatic carbocycles. The first-order chi connectivity index (χ1) is 11.1. The predicted octanol–water partition coefficient (Wildman–Crippen LogP) is 3.16. The van der Waals surface area contributed by atoms with Gasteiger partial charge in [-0.1, -0.05) is 48.5 Å². The molecule has 23 heavy (non-hydrogen) atoms. The lowest BCUT2D eigenvalue weighted by atomic mass is 9.95. The number of amides is 2. The summed E-state index contributed by atoms with van der Waals surface area (Å²) in [6.07, 6.45) is 0.913. The number of para-hydroxylation sites is 1. The molecule has 0 radical (unpaired) electrons. The molecule has 0 fully saturated rings. The number of hydrogen-bond acceptors (Lipinski definition) is 2. The van der Waals surface area contributed by atoms with E-state index in [1.54, 1.807) is 11.9 Å². The van der Waals surface area contributed by atoms with Gasteiger partial charge in [0.05, 0.1) is 5.92 Å². The molecule has 2 aromatic rings. The Morgan fingerprint density at radius 2 is 1.78 bits per heavy atom. The van der Waals surface area contributed by atoms with Crippen LogP contribution in [0.15, 0.2) is 54.6 Å². The smallest absolute Gasteiger partial charge is 0.232 e. The van der Waals surface area contributed by atoms with Gasteiger partial charge in [0.1, 0.15) is 0 Å². The molecule has 2 amide bonds. The first kappa shape index (κ1) is 15.3. The average Bonchev–Trinajstić information content (AvgIpc) is 2.88. The van der Waals surface area contributed by atoms with E-state index in [4.69, 9.17) is 0 Å². The second-order valence-electron chi connectivity index (χ2n) is 5.90. The molecule has 118 valence electrons. The monoisotopic (exact) mass is 308 g/mol. The normalized spacial score (nSPS) is 15.9.